The summed E-state index contributed by atoms with van der Waals surface area (Å²) in [5.74, 6) is 0. The summed E-state index contributed by atoms with van der Waals surface area (Å²) in [6, 6.07) is -0.0276. The quantitative estimate of drug-likeness (QED) is 0.612. The Labute approximate surface area is 81.4 Å². The average molecular weight is 202 g/mol. The number of carboxylic acid groups (broad SMARTS) is 1. The third kappa shape index (κ3) is 3.51. The van der Waals surface area contributed by atoms with Gasteiger partial charge in [0.25, 0.3) is 0 Å². The Bertz CT molecular complexity index is 199. The Kier molecular flexibility index (Phi) is 3.55. The molecule has 0 saturated heterocycles. The van der Waals surface area contributed by atoms with Crippen molar-refractivity contribution < 1.29 is 19.4 Å². The monoisotopic (exact) mass is 202 g/mol. The van der Waals surface area contributed by atoms with Gasteiger partial charge in [0.05, 0.1) is 0 Å². The highest BCUT2D eigenvalue weighted by molar-refractivity contribution is 5.65. The van der Waals surface area contributed by atoms with Gasteiger partial charge in [-0.15, -0.1) is 0 Å². The Morgan fingerprint density at radius 3 is 2.29 bits per heavy atom. The summed E-state index contributed by atoms with van der Waals surface area (Å²) in [5.41, 5.74) is 4.87. The minimum Gasteiger partial charge on any atom is -0.465 e. The molecular formula is C8H14N2O4. The topological polar surface area (TPSA) is 102 Å². The third-order valence-corrected chi connectivity index (χ3v) is 2.28. The van der Waals surface area contributed by atoms with Crippen LogP contribution >= 0.6 is 0 Å². The van der Waals surface area contributed by atoms with Crippen molar-refractivity contribution in [1.82, 2.24) is 5.32 Å². The summed E-state index contributed by atoms with van der Waals surface area (Å²) in [7, 11) is 0. The van der Waals surface area contributed by atoms with E-state index in [0.717, 1.165) is 0 Å². The highest BCUT2D eigenvalue weighted by Gasteiger charge is 2.23. The van der Waals surface area contributed by atoms with Crippen LogP contribution < -0.4 is 11.1 Å². The van der Waals surface area contributed by atoms with E-state index in [1.165, 1.54) is 0 Å². The van der Waals surface area contributed by atoms with Crippen molar-refractivity contribution in [2.45, 2.75) is 37.8 Å². The van der Waals surface area contributed by atoms with Crippen LogP contribution in [0.15, 0.2) is 0 Å². The number of carbonyl (C=O) groups is 2. The van der Waals surface area contributed by atoms with E-state index < -0.39 is 12.2 Å². The Morgan fingerprint density at radius 1 is 1.29 bits per heavy atom. The van der Waals surface area contributed by atoms with Crippen LogP contribution in [0.1, 0.15) is 25.7 Å². The van der Waals surface area contributed by atoms with E-state index in [1.807, 2.05) is 0 Å². The molecule has 0 unspecified atom stereocenters. The van der Waals surface area contributed by atoms with Gasteiger partial charge < -0.3 is 20.9 Å². The molecule has 0 aliphatic heterocycles. The van der Waals surface area contributed by atoms with Crippen molar-refractivity contribution in [1.29, 1.82) is 0 Å². The van der Waals surface area contributed by atoms with Crippen molar-refractivity contribution in [3.05, 3.63) is 0 Å². The number of hydrogen-bond donors (Lipinski definition) is 3. The molecular weight excluding hydrogens is 188 g/mol. The average Bonchev–Trinajstić information content (AvgIpc) is 2.06. The number of carbonyl (C=O) groups excluding carboxylic acids is 1. The maximum absolute atomic E-state index is 10.4. The van der Waals surface area contributed by atoms with Crippen LogP contribution in [-0.2, 0) is 4.74 Å². The largest absolute Gasteiger partial charge is 0.465 e. The predicted octanol–water partition coefficient (Wildman–Crippen LogP) is 0.660. The lowest BCUT2D eigenvalue weighted by atomic mass is 9.93. The van der Waals surface area contributed by atoms with E-state index in [-0.39, 0.29) is 12.1 Å². The number of ether oxygens (including phenoxy) is 1. The van der Waals surface area contributed by atoms with Crippen LogP contribution in [0.5, 0.6) is 0 Å². The lowest BCUT2D eigenvalue weighted by Crippen LogP contribution is -2.39. The number of hydrogen-bond acceptors (Lipinski definition) is 3. The normalized spacial score (nSPS) is 26.6. The number of amides is 2. The SMILES string of the molecule is NC(=O)O[C@H]1CC[C@H](NC(=O)O)CC1. The van der Waals surface area contributed by atoms with Gasteiger partial charge in [-0.25, -0.2) is 9.59 Å². The van der Waals surface area contributed by atoms with Crippen LogP contribution in [-0.4, -0.2) is 29.4 Å². The second-order valence-electron chi connectivity index (χ2n) is 3.36. The molecule has 1 saturated carbocycles. The first-order valence-corrected chi connectivity index (χ1v) is 4.53. The van der Waals surface area contributed by atoms with Crippen molar-refractivity contribution in [2.24, 2.45) is 5.73 Å². The lowest BCUT2D eigenvalue weighted by Gasteiger charge is -2.27. The third-order valence-electron chi connectivity index (χ3n) is 2.28. The molecule has 0 bridgehead atoms. The van der Waals surface area contributed by atoms with Crippen molar-refractivity contribution >= 4 is 12.2 Å². The van der Waals surface area contributed by atoms with Gasteiger partial charge in [-0.3, -0.25) is 0 Å². The van der Waals surface area contributed by atoms with Gasteiger partial charge in [0, 0.05) is 6.04 Å². The second kappa shape index (κ2) is 4.69. The zero-order valence-corrected chi connectivity index (χ0v) is 7.73. The Morgan fingerprint density at radius 2 is 1.86 bits per heavy atom. The molecule has 0 aromatic rings. The lowest BCUT2D eigenvalue weighted by molar-refractivity contribution is 0.0753. The van der Waals surface area contributed by atoms with E-state index >= 15 is 0 Å². The van der Waals surface area contributed by atoms with E-state index in [1.54, 1.807) is 0 Å². The van der Waals surface area contributed by atoms with E-state index in [9.17, 15) is 9.59 Å². The van der Waals surface area contributed by atoms with Gasteiger partial charge in [0.15, 0.2) is 0 Å². The van der Waals surface area contributed by atoms with Crippen LogP contribution in [0.2, 0.25) is 0 Å². The molecule has 6 heteroatoms. The van der Waals surface area contributed by atoms with Crippen molar-refractivity contribution in [3.8, 4) is 0 Å². The van der Waals surface area contributed by atoms with Gasteiger partial charge in [0.2, 0.25) is 0 Å². The number of rotatable bonds is 2. The molecule has 0 spiro atoms. The smallest absolute Gasteiger partial charge is 0.404 e. The molecule has 0 atom stereocenters. The standard InChI is InChI=1S/C8H14N2O4/c9-7(11)14-6-3-1-5(2-4-6)10-8(12)13/h5-6,10H,1-4H2,(H2,9,11)(H,12,13)/t5-,6-. The summed E-state index contributed by atoms with van der Waals surface area (Å²) in [6.07, 6.45) is 0.763. The molecule has 80 valence electrons. The van der Waals surface area contributed by atoms with Crippen LogP contribution in [0, 0.1) is 0 Å². The highest BCUT2D eigenvalue weighted by atomic mass is 16.6. The number of nitrogens with two attached hydrogens (primary N) is 1. The van der Waals surface area contributed by atoms with Crippen molar-refractivity contribution in [2.75, 3.05) is 0 Å². The fourth-order valence-electron chi connectivity index (χ4n) is 1.66. The molecule has 2 amide bonds. The van der Waals surface area contributed by atoms with E-state index in [0.29, 0.717) is 25.7 Å². The molecule has 1 aliphatic rings. The van der Waals surface area contributed by atoms with E-state index in [2.05, 4.69) is 5.32 Å². The molecule has 6 nitrogen and oxygen atoms in total. The maximum Gasteiger partial charge on any atom is 0.404 e. The molecule has 0 aromatic carbocycles. The zero-order chi connectivity index (χ0) is 10.6. The first kappa shape index (κ1) is 10.6. The van der Waals surface area contributed by atoms with Crippen molar-refractivity contribution in [3.63, 3.8) is 0 Å². The Hall–Kier alpha value is -1.46. The summed E-state index contributed by atoms with van der Waals surface area (Å²) in [5, 5.41) is 10.9. The molecule has 0 radical (unpaired) electrons. The summed E-state index contributed by atoms with van der Waals surface area (Å²) < 4.78 is 4.81. The fraction of sp³-hybridized carbons (Fsp3) is 0.750. The van der Waals surface area contributed by atoms with Gasteiger partial charge in [-0.05, 0) is 25.7 Å². The minimum atomic E-state index is -1.01. The first-order chi connectivity index (χ1) is 6.58. The van der Waals surface area contributed by atoms with Gasteiger partial charge in [-0.1, -0.05) is 0 Å². The molecule has 0 heterocycles. The number of nitrogens with one attached hydrogen (secondary N) is 1. The zero-order valence-electron chi connectivity index (χ0n) is 7.73. The minimum absolute atomic E-state index is 0.0276. The Balaban J connectivity index is 2.24. The molecule has 1 aliphatic carbocycles. The van der Waals surface area contributed by atoms with Gasteiger partial charge in [-0.2, -0.15) is 0 Å². The summed E-state index contributed by atoms with van der Waals surface area (Å²) in [6.45, 7) is 0. The van der Waals surface area contributed by atoms with Crippen LogP contribution in [0.4, 0.5) is 9.59 Å². The number of primary amides is 1. The second-order valence-corrected chi connectivity index (χ2v) is 3.36. The molecule has 1 rings (SSSR count). The summed E-state index contributed by atoms with van der Waals surface area (Å²) >= 11 is 0. The summed E-state index contributed by atoms with van der Waals surface area (Å²) in [4.78, 5) is 20.7. The van der Waals surface area contributed by atoms with Crippen LogP contribution in [0.3, 0.4) is 0 Å². The van der Waals surface area contributed by atoms with Gasteiger partial charge >= 0.3 is 12.2 Å². The molecule has 4 N–H and O–H groups in total. The molecule has 14 heavy (non-hydrogen) atoms. The van der Waals surface area contributed by atoms with Crippen LogP contribution in [0.25, 0.3) is 0 Å². The molecule has 0 aromatic heterocycles. The van der Waals surface area contributed by atoms with E-state index in [4.69, 9.17) is 15.6 Å². The molecule has 1 fully saturated rings. The predicted molar refractivity (Wildman–Crippen MR) is 47.9 cm³/mol. The highest BCUT2D eigenvalue weighted by Crippen LogP contribution is 2.20. The fourth-order valence-corrected chi connectivity index (χ4v) is 1.66. The van der Waals surface area contributed by atoms with Gasteiger partial charge in [0.1, 0.15) is 6.10 Å². The first-order valence-electron chi connectivity index (χ1n) is 4.53. The maximum atomic E-state index is 10.4.